The van der Waals surface area contributed by atoms with Gasteiger partial charge in [-0.05, 0) is 0 Å². The van der Waals surface area contributed by atoms with Gasteiger partial charge in [-0.3, -0.25) is 0 Å². The van der Waals surface area contributed by atoms with E-state index in [4.69, 9.17) is 0 Å². The van der Waals surface area contributed by atoms with Crippen molar-refractivity contribution in [3.63, 3.8) is 0 Å². The summed E-state index contributed by atoms with van der Waals surface area (Å²) in [6.45, 7) is 0. The second-order valence-corrected chi connectivity index (χ2v) is 0. The molecule has 6 heavy (non-hydrogen) atoms. The predicted molar refractivity (Wildman–Crippen MR) is 2.75 cm³/mol. The third-order valence-corrected chi connectivity index (χ3v) is 0. The van der Waals surface area contributed by atoms with Crippen LogP contribution in [-0.2, 0) is 61.6 Å². The molecule has 0 saturated carbocycles. The molecule has 0 fully saturated rings. The van der Waals surface area contributed by atoms with Gasteiger partial charge in [-0.2, -0.15) is 0 Å². The van der Waals surface area contributed by atoms with E-state index >= 15 is 0 Å². The zero-order valence-electron chi connectivity index (χ0n) is 2.49. The van der Waals surface area contributed by atoms with Crippen molar-refractivity contribution in [2.45, 2.75) is 0 Å². The molecule has 0 spiro atoms. The Hall–Kier alpha value is 1.11. The predicted octanol–water partition coefficient (Wildman–Crippen LogP) is -0.480. The van der Waals surface area contributed by atoms with Gasteiger partial charge in [0.05, 0.1) is 0 Å². The van der Waals surface area contributed by atoms with Gasteiger partial charge in [0.2, 0.25) is 0 Å². The molecular formula is CrNbO4. The molecule has 0 amide bonds. The summed E-state index contributed by atoms with van der Waals surface area (Å²) in [5, 5.41) is 0. The van der Waals surface area contributed by atoms with Gasteiger partial charge in [0.15, 0.2) is 0 Å². The van der Waals surface area contributed by atoms with Crippen LogP contribution >= 0.6 is 0 Å². The molecule has 1 radical (unpaired) electrons. The van der Waals surface area contributed by atoms with E-state index in [9.17, 15) is 0 Å². The summed E-state index contributed by atoms with van der Waals surface area (Å²) >= 11 is 0. The Morgan fingerprint density at radius 3 is 0.500 bits per heavy atom. The van der Waals surface area contributed by atoms with Crippen LogP contribution < -0.4 is 0 Å². The van der Waals surface area contributed by atoms with Crippen molar-refractivity contribution in [2.75, 3.05) is 0 Å². The summed E-state index contributed by atoms with van der Waals surface area (Å²) in [4.78, 5) is 0. The minimum absolute atomic E-state index is 0. The minimum atomic E-state index is 0. The molecule has 0 atom stereocenters. The van der Waals surface area contributed by atoms with Crippen LogP contribution in [0.2, 0.25) is 0 Å². The molecule has 0 aliphatic carbocycles. The van der Waals surface area contributed by atoms with Crippen molar-refractivity contribution in [1.82, 2.24) is 0 Å². The van der Waals surface area contributed by atoms with Gasteiger partial charge >= 0.3 is 39.7 Å². The first kappa shape index (κ1) is 215. The van der Waals surface area contributed by atoms with Crippen molar-refractivity contribution in [3.05, 3.63) is 0 Å². The SMILES string of the molecule is [Cr+3].[Nb+5].[O-2].[O-2].[O-2].[O-2]. The van der Waals surface area contributed by atoms with Crippen LogP contribution in [0.25, 0.3) is 0 Å². The zero-order valence-corrected chi connectivity index (χ0v) is 5.96. The van der Waals surface area contributed by atoms with Crippen molar-refractivity contribution < 1.29 is 61.6 Å². The van der Waals surface area contributed by atoms with Gasteiger partial charge < -0.3 is 21.9 Å². The third-order valence-electron chi connectivity index (χ3n) is 0. The molecule has 35 valence electrons. The molecular weight excluding hydrogens is 209 g/mol. The minimum Gasteiger partial charge on any atom is -2.00 e. The fourth-order valence-corrected chi connectivity index (χ4v) is 0. The maximum Gasteiger partial charge on any atom is 5.00 e. The summed E-state index contributed by atoms with van der Waals surface area (Å²) in [6.07, 6.45) is 0. The molecule has 0 heterocycles. The van der Waals surface area contributed by atoms with Crippen LogP contribution in [0, 0.1) is 0 Å². The van der Waals surface area contributed by atoms with Crippen molar-refractivity contribution in [2.24, 2.45) is 0 Å². The monoisotopic (exact) mass is 209 g/mol. The Morgan fingerprint density at radius 1 is 0.500 bits per heavy atom. The van der Waals surface area contributed by atoms with Crippen LogP contribution in [0.4, 0.5) is 0 Å². The van der Waals surface area contributed by atoms with Crippen molar-refractivity contribution in [1.29, 1.82) is 0 Å². The van der Waals surface area contributed by atoms with Crippen LogP contribution in [0.5, 0.6) is 0 Å². The molecule has 0 aromatic heterocycles. The van der Waals surface area contributed by atoms with Crippen LogP contribution in [0.3, 0.4) is 0 Å². The molecule has 0 aromatic carbocycles. The second-order valence-electron chi connectivity index (χ2n) is 0. The summed E-state index contributed by atoms with van der Waals surface area (Å²) in [6, 6.07) is 0. The molecule has 6 heteroatoms. The second kappa shape index (κ2) is 129. The normalized spacial score (nSPS) is 0. The van der Waals surface area contributed by atoms with E-state index in [1.54, 1.807) is 0 Å². The Balaban J connectivity index is 0. The fourth-order valence-electron chi connectivity index (χ4n) is 0. The topological polar surface area (TPSA) is 114 Å². The van der Waals surface area contributed by atoms with Gasteiger partial charge in [0, 0.05) is 0 Å². The summed E-state index contributed by atoms with van der Waals surface area (Å²) in [5.41, 5.74) is 0. The molecule has 0 aliphatic rings. The van der Waals surface area contributed by atoms with Crippen molar-refractivity contribution in [3.8, 4) is 0 Å². The first-order valence-electron chi connectivity index (χ1n) is 0. The van der Waals surface area contributed by atoms with Gasteiger partial charge in [0.25, 0.3) is 0 Å². The molecule has 0 rings (SSSR count). The van der Waals surface area contributed by atoms with Crippen LogP contribution in [-0.4, -0.2) is 0 Å². The zero-order chi connectivity index (χ0) is 0. The molecule has 0 unspecified atom stereocenters. The maximum absolute atomic E-state index is 0. The standard InChI is InChI=1S/Cr.Nb.4O/q+3;+5;4*-2. The summed E-state index contributed by atoms with van der Waals surface area (Å²) in [5.74, 6) is 0. The van der Waals surface area contributed by atoms with Gasteiger partial charge in [0.1, 0.15) is 0 Å². The number of hydrogen-bond acceptors (Lipinski definition) is 0. The first-order valence-corrected chi connectivity index (χ1v) is 0. The Labute approximate surface area is 61.8 Å². The largest absolute Gasteiger partial charge is 5.00 e. The van der Waals surface area contributed by atoms with Gasteiger partial charge in [-0.15, -0.1) is 0 Å². The quantitative estimate of drug-likeness (QED) is 0.479. The van der Waals surface area contributed by atoms with E-state index in [2.05, 4.69) is 0 Å². The van der Waals surface area contributed by atoms with Crippen LogP contribution in [0.1, 0.15) is 0 Å². The van der Waals surface area contributed by atoms with E-state index in [-0.39, 0.29) is 61.6 Å². The van der Waals surface area contributed by atoms with Crippen molar-refractivity contribution >= 4 is 0 Å². The molecule has 0 saturated heterocycles. The third kappa shape index (κ3) is 69.8. The van der Waals surface area contributed by atoms with Gasteiger partial charge in [-0.25, -0.2) is 0 Å². The average Bonchev–Trinajstić information content (AvgIpc) is 0. The molecule has 0 aliphatic heterocycles. The molecule has 4 nitrogen and oxygen atoms in total. The average molecular weight is 209 g/mol. The molecule has 0 N–H and O–H groups in total. The Bertz CT molecular complexity index is 7.51. The van der Waals surface area contributed by atoms with Gasteiger partial charge in [-0.1, -0.05) is 0 Å². The van der Waals surface area contributed by atoms with E-state index in [1.165, 1.54) is 0 Å². The Morgan fingerprint density at radius 2 is 0.500 bits per heavy atom. The first-order chi connectivity index (χ1) is 0. The summed E-state index contributed by atoms with van der Waals surface area (Å²) < 4.78 is 0. The number of rotatable bonds is 0. The molecule has 0 aromatic rings. The number of hydrogen-bond donors (Lipinski definition) is 0. The van der Waals surface area contributed by atoms with E-state index in [0.717, 1.165) is 0 Å². The van der Waals surface area contributed by atoms with E-state index in [0.29, 0.717) is 0 Å². The smallest absolute Gasteiger partial charge is 2.00 e. The van der Waals surface area contributed by atoms with E-state index in [1.807, 2.05) is 0 Å². The fraction of sp³-hybridized carbons (Fsp3) is 0. The van der Waals surface area contributed by atoms with Crippen LogP contribution in [0.15, 0.2) is 0 Å². The molecule has 0 bridgehead atoms. The Kier molecular flexibility index (Phi) is 4620. The maximum atomic E-state index is 0. The summed E-state index contributed by atoms with van der Waals surface area (Å²) in [7, 11) is 0. The van der Waals surface area contributed by atoms with E-state index < -0.39 is 0 Å².